The number of rotatable bonds is 8. The molecule has 0 amide bonds. The predicted molar refractivity (Wildman–Crippen MR) is 175 cm³/mol. The smallest absolute Gasteiger partial charge is 0.266 e. The monoisotopic (exact) mass is 636 g/mol. The lowest BCUT2D eigenvalue weighted by Gasteiger charge is -2.17. The van der Waals surface area contributed by atoms with Gasteiger partial charge in [-0.3, -0.25) is 8.37 Å². The van der Waals surface area contributed by atoms with Crippen molar-refractivity contribution in [2.75, 3.05) is 13.2 Å². The van der Waals surface area contributed by atoms with Gasteiger partial charge in [0.05, 0.1) is 23.0 Å². The zero-order valence-corrected chi connectivity index (χ0v) is 27.6. The standard InChI is InChI=1S/C34H36O6S3/c1-33(2,3)21-39-42(35,36)27-13-7-23(8-14-27)25-11-17-31-29(19-25)30-20-26(12-18-32(30)41-31)24-9-15-28(16-10-24)43(37,38)40-22-34(4,5)6/h7-20H,21-22H2,1-6H3. The molecule has 0 aliphatic heterocycles. The molecule has 5 aromatic rings. The first-order chi connectivity index (χ1) is 20.0. The van der Waals surface area contributed by atoms with Gasteiger partial charge in [-0.15, -0.1) is 11.3 Å². The summed E-state index contributed by atoms with van der Waals surface area (Å²) in [6.07, 6.45) is 0. The van der Waals surface area contributed by atoms with Crippen LogP contribution < -0.4 is 0 Å². The van der Waals surface area contributed by atoms with Crippen molar-refractivity contribution in [3.05, 3.63) is 84.9 Å². The third-order valence-electron chi connectivity index (χ3n) is 6.72. The van der Waals surface area contributed by atoms with Crippen LogP contribution in [0.15, 0.2) is 94.7 Å². The van der Waals surface area contributed by atoms with E-state index in [1.165, 1.54) is 0 Å². The van der Waals surface area contributed by atoms with Crippen LogP contribution in [0, 0.1) is 10.8 Å². The largest absolute Gasteiger partial charge is 0.296 e. The van der Waals surface area contributed by atoms with Crippen LogP contribution in [-0.2, 0) is 28.6 Å². The van der Waals surface area contributed by atoms with Crippen LogP contribution in [0.3, 0.4) is 0 Å². The van der Waals surface area contributed by atoms with Gasteiger partial charge in [0.1, 0.15) is 0 Å². The molecule has 0 radical (unpaired) electrons. The number of fused-ring (bicyclic) bond motifs is 3. The molecule has 0 atom stereocenters. The van der Waals surface area contributed by atoms with Gasteiger partial charge >= 0.3 is 0 Å². The second kappa shape index (κ2) is 11.4. The maximum atomic E-state index is 12.6. The lowest BCUT2D eigenvalue weighted by molar-refractivity contribution is 0.203. The zero-order chi connectivity index (χ0) is 31.2. The summed E-state index contributed by atoms with van der Waals surface area (Å²) in [5, 5.41) is 2.19. The fourth-order valence-corrected chi connectivity index (χ4v) is 7.70. The van der Waals surface area contributed by atoms with E-state index < -0.39 is 20.2 Å². The minimum atomic E-state index is -3.84. The summed E-state index contributed by atoms with van der Waals surface area (Å²) in [5.41, 5.74) is 3.21. The number of hydrogen-bond acceptors (Lipinski definition) is 7. The molecule has 0 saturated heterocycles. The van der Waals surface area contributed by atoms with E-state index in [-0.39, 0.29) is 33.8 Å². The summed E-state index contributed by atoms with van der Waals surface area (Å²) in [7, 11) is -7.67. The second-order valence-electron chi connectivity index (χ2n) is 13.1. The lowest BCUT2D eigenvalue weighted by atomic mass is 9.99. The van der Waals surface area contributed by atoms with Crippen molar-refractivity contribution >= 4 is 51.7 Å². The van der Waals surface area contributed by atoms with Crippen molar-refractivity contribution < 1.29 is 25.2 Å². The lowest BCUT2D eigenvalue weighted by Crippen LogP contribution is -2.18. The first-order valence-electron chi connectivity index (χ1n) is 14.0. The molecule has 0 saturated carbocycles. The molecule has 0 aliphatic carbocycles. The second-order valence-corrected chi connectivity index (χ2v) is 17.4. The highest BCUT2D eigenvalue weighted by Gasteiger charge is 2.21. The van der Waals surface area contributed by atoms with Crippen LogP contribution in [-0.4, -0.2) is 30.0 Å². The normalized spacial score (nSPS) is 13.2. The highest BCUT2D eigenvalue weighted by atomic mass is 32.2. The molecule has 0 fully saturated rings. The Morgan fingerprint density at radius 1 is 0.512 bits per heavy atom. The first-order valence-corrected chi connectivity index (χ1v) is 17.6. The number of thiophene rings is 1. The van der Waals surface area contributed by atoms with Crippen molar-refractivity contribution in [1.82, 2.24) is 0 Å². The summed E-state index contributed by atoms with van der Waals surface area (Å²) in [6, 6.07) is 26.0. The topological polar surface area (TPSA) is 86.7 Å². The molecule has 9 heteroatoms. The van der Waals surface area contributed by atoms with E-state index in [1.54, 1.807) is 59.9 Å². The van der Waals surface area contributed by atoms with E-state index >= 15 is 0 Å². The van der Waals surface area contributed by atoms with Crippen molar-refractivity contribution in [3.63, 3.8) is 0 Å². The summed E-state index contributed by atoms with van der Waals surface area (Å²) in [6.45, 7) is 11.8. The Kier molecular flexibility index (Phi) is 8.35. The summed E-state index contributed by atoms with van der Waals surface area (Å²) in [4.78, 5) is 0.263. The van der Waals surface area contributed by atoms with Crippen LogP contribution in [0.1, 0.15) is 41.5 Å². The summed E-state index contributed by atoms with van der Waals surface area (Å²) >= 11 is 1.70. The average Bonchev–Trinajstić information content (AvgIpc) is 3.32. The van der Waals surface area contributed by atoms with Crippen molar-refractivity contribution in [1.29, 1.82) is 0 Å². The fourth-order valence-electron chi connectivity index (χ4n) is 4.41. The highest BCUT2D eigenvalue weighted by molar-refractivity contribution is 7.87. The van der Waals surface area contributed by atoms with Crippen molar-refractivity contribution in [2.45, 2.75) is 51.3 Å². The highest BCUT2D eigenvalue weighted by Crippen LogP contribution is 2.39. The maximum Gasteiger partial charge on any atom is 0.296 e. The van der Waals surface area contributed by atoms with E-state index in [4.69, 9.17) is 8.37 Å². The van der Waals surface area contributed by atoms with Gasteiger partial charge in [-0.05, 0) is 81.6 Å². The van der Waals surface area contributed by atoms with Gasteiger partial charge in [0, 0.05) is 20.2 Å². The summed E-state index contributed by atoms with van der Waals surface area (Å²) < 4.78 is 63.3. The molecule has 0 bridgehead atoms. The third-order valence-corrected chi connectivity index (χ3v) is 10.4. The third kappa shape index (κ3) is 7.36. The van der Waals surface area contributed by atoms with Gasteiger partial charge < -0.3 is 0 Å². The molecule has 0 spiro atoms. The molecule has 4 aromatic carbocycles. The van der Waals surface area contributed by atoms with Crippen molar-refractivity contribution in [3.8, 4) is 22.3 Å². The minimum Gasteiger partial charge on any atom is -0.266 e. The van der Waals surface area contributed by atoms with Gasteiger partial charge in [0.25, 0.3) is 20.2 Å². The molecule has 0 unspecified atom stereocenters. The van der Waals surface area contributed by atoms with Gasteiger partial charge in [0.15, 0.2) is 0 Å². The average molecular weight is 637 g/mol. The molecule has 6 nitrogen and oxygen atoms in total. The Bertz CT molecular complexity index is 1850. The van der Waals surface area contributed by atoms with Gasteiger partial charge in [-0.25, -0.2) is 0 Å². The van der Waals surface area contributed by atoms with Crippen LogP contribution in [0.2, 0.25) is 0 Å². The first kappa shape index (κ1) is 31.3. The Morgan fingerprint density at radius 3 is 1.16 bits per heavy atom. The molecule has 5 rings (SSSR count). The molecular weight excluding hydrogens is 601 g/mol. The zero-order valence-electron chi connectivity index (χ0n) is 25.2. The van der Waals surface area contributed by atoms with Crippen molar-refractivity contribution in [2.24, 2.45) is 10.8 Å². The molecule has 43 heavy (non-hydrogen) atoms. The van der Waals surface area contributed by atoms with E-state index in [1.807, 2.05) is 53.7 Å². The molecule has 1 aromatic heterocycles. The Hall–Kier alpha value is -3.08. The van der Waals surface area contributed by atoms with Gasteiger partial charge in [-0.1, -0.05) is 77.9 Å². The minimum absolute atomic E-state index is 0.107. The molecule has 1 heterocycles. The van der Waals surface area contributed by atoms with Gasteiger partial charge in [-0.2, -0.15) is 16.8 Å². The SMILES string of the molecule is CC(C)(C)COS(=O)(=O)c1ccc(-c2ccc3sc4ccc(-c5ccc(S(=O)(=O)OCC(C)(C)C)cc5)cc4c3c2)cc1. The van der Waals surface area contributed by atoms with E-state index in [2.05, 4.69) is 24.3 Å². The predicted octanol–water partition coefficient (Wildman–Crippen LogP) is 8.89. The fraction of sp³-hybridized carbons (Fsp3) is 0.294. The molecule has 0 aliphatic rings. The quantitative estimate of drug-likeness (QED) is 0.158. The van der Waals surface area contributed by atoms with E-state index in [9.17, 15) is 16.8 Å². The van der Waals surface area contributed by atoms with Crippen LogP contribution in [0.5, 0.6) is 0 Å². The Morgan fingerprint density at radius 2 is 0.837 bits per heavy atom. The molecule has 226 valence electrons. The van der Waals surface area contributed by atoms with Crippen LogP contribution in [0.25, 0.3) is 42.4 Å². The van der Waals surface area contributed by atoms with Gasteiger partial charge in [0.2, 0.25) is 0 Å². The number of benzene rings is 4. The summed E-state index contributed by atoms with van der Waals surface area (Å²) in [5.74, 6) is 0. The van der Waals surface area contributed by atoms with E-state index in [0.717, 1.165) is 42.4 Å². The number of hydrogen-bond donors (Lipinski definition) is 0. The Labute approximate surface area is 258 Å². The van der Waals surface area contributed by atoms with Crippen LogP contribution >= 0.6 is 11.3 Å². The molecule has 0 N–H and O–H groups in total. The Balaban J connectivity index is 1.42. The maximum absolute atomic E-state index is 12.6. The molecular formula is C34H36O6S3. The van der Waals surface area contributed by atoms with Crippen LogP contribution in [0.4, 0.5) is 0 Å². The van der Waals surface area contributed by atoms with E-state index in [0.29, 0.717) is 0 Å².